The van der Waals surface area contributed by atoms with Crippen molar-refractivity contribution in [1.82, 2.24) is 35.2 Å². The molecule has 0 unspecified atom stereocenters. The maximum absolute atomic E-state index is 15.0. The Hall–Kier alpha value is -6.63. The molecule has 444 valence electrons. The molecule has 4 heterocycles. The van der Waals surface area contributed by atoms with E-state index in [0.717, 1.165) is 145 Å². The van der Waals surface area contributed by atoms with E-state index in [1.54, 1.807) is 13.3 Å². The summed E-state index contributed by atoms with van der Waals surface area (Å²) in [4.78, 5) is 75.5. The molecule has 4 aromatic rings. The van der Waals surface area contributed by atoms with E-state index in [9.17, 15) is 24.3 Å². The normalized spacial score (nSPS) is 14.2. The van der Waals surface area contributed by atoms with E-state index in [1.807, 2.05) is 65.0 Å². The summed E-state index contributed by atoms with van der Waals surface area (Å²) < 4.78 is 13.9. The fourth-order valence-electron chi connectivity index (χ4n) is 11.0. The lowest BCUT2D eigenvalue weighted by molar-refractivity contribution is -0.142. The fraction of sp³-hybridized carbons (Fsp3) is 0.629. The van der Waals surface area contributed by atoms with Gasteiger partial charge in [-0.25, -0.2) is 9.97 Å². The number of methoxy groups -OCH3 is 1. The number of benzene rings is 1. The van der Waals surface area contributed by atoms with Crippen molar-refractivity contribution >= 4 is 41.2 Å². The second kappa shape index (κ2) is 33.3. The second-order valence-corrected chi connectivity index (χ2v) is 23.3. The molecule has 2 fully saturated rings. The number of nitrogens with one attached hydrogen (secondary N) is 1. The van der Waals surface area contributed by atoms with Crippen LogP contribution in [0.25, 0.3) is 0 Å². The first-order valence-electron chi connectivity index (χ1n) is 29.9. The zero-order valence-corrected chi connectivity index (χ0v) is 48.7. The van der Waals surface area contributed by atoms with Gasteiger partial charge in [0, 0.05) is 75.9 Å². The van der Waals surface area contributed by atoms with Gasteiger partial charge in [0.15, 0.2) is 0 Å². The Bertz CT molecular complexity index is 2580. The van der Waals surface area contributed by atoms with Crippen LogP contribution in [0.2, 0.25) is 0 Å². The number of piperidine rings is 1. The molecule has 1 saturated heterocycles. The number of carboxylic acids is 3. The van der Waals surface area contributed by atoms with Crippen LogP contribution in [-0.2, 0) is 32.1 Å². The molecule has 0 spiro atoms. The van der Waals surface area contributed by atoms with Gasteiger partial charge in [0.05, 0.1) is 50.2 Å². The second-order valence-electron chi connectivity index (χ2n) is 23.3. The molecule has 6 rings (SSSR count). The van der Waals surface area contributed by atoms with Crippen molar-refractivity contribution in [2.75, 3.05) is 69.3 Å². The maximum Gasteiger partial charge on any atom is 0.317 e. The van der Waals surface area contributed by atoms with E-state index in [-0.39, 0.29) is 42.7 Å². The topological polar surface area (TPSA) is 243 Å². The summed E-state index contributed by atoms with van der Waals surface area (Å²) in [5.74, 6) is -0.487. The zero-order valence-electron chi connectivity index (χ0n) is 48.7. The third kappa shape index (κ3) is 23.0. The number of pyridine rings is 2. The minimum absolute atomic E-state index is 0.0163. The molecule has 2 amide bonds. The minimum Gasteiger partial charge on any atom is -0.497 e. The first kappa shape index (κ1) is 63.6. The quantitative estimate of drug-likeness (QED) is 0.0303. The Morgan fingerprint density at radius 3 is 2.17 bits per heavy atom. The van der Waals surface area contributed by atoms with E-state index in [0.29, 0.717) is 73.9 Å². The molecule has 1 saturated carbocycles. The molecule has 1 aromatic carbocycles. The van der Waals surface area contributed by atoms with Crippen LogP contribution >= 0.6 is 0 Å². The number of carbonyl (C=O) groups is 5. The number of hydrogen-bond acceptors (Lipinski definition) is 13. The number of rotatable bonds is 40. The lowest BCUT2D eigenvalue weighted by Crippen LogP contribution is -2.41. The maximum atomic E-state index is 15.0. The monoisotopic (exact) mass is 1120 g/mol. The molecule has 19 nitrogen and oxygen atoms in total. The number of carbonyl (C=O) groups excluding carboxylic acids is 2. The number of ether oxygens (including phenoxy) is 2. The number of unbranched alkanes of at least 4 members (excludes halogenated alkanes) is 11. The van der Waals surface area contributed by atoms with Gasteiger partial charge in [0.25, 0.3) is 5.91 Å². The van der Waals surface area contributed by atoms with Gasteiger partial charge in [-0.15, -0.1) is 5.10 Å². The largest absolute Gasteiger partial charge is 0.497 e. The van der Waals surface area contributed by atoms with Gasteiger partial charge in [-0.05, 0) is 130 Å². The van der Waals surface area contributed by atoms with Crippen molar-refractivity contribution in [1.29, 1.82) is 0 Å². The van der Waals surface area contributed by atoms with Gasteiger partial charge < -0.3 is 35.0 Å². The number of nitrogens with zero attached hydrogens (tertiary/aromatic N) is 8. The van der Waals surface area contributed by atoms with E-state index >= 15 is 4.79 Å². The number of aromatic nitrogens is 5. The number of amides is 2. The predicted octanol–water partition coefficient (Wildman–Crippen LogP) is 10.4. The third-order valence-corrected chi connectivity index (χ3v) is 15.7. The van der Waals surface area contributed by atoms with E-state index in [4.69, 9.17) is 24.7 Å². The summed E-state index contributed by atoms with van der Waals surface area (Å²) in [5, 5.41) is 39.1. The lowest BCUT2D eigenvalue weighted by Gasteiger charge is -2.36. The standard InChI is InChI=1S/C62H91N9O10/c1-46-20-18-22-55(65-46)71(61(79)52-27-26-51(80-4)39-54(52)69-36-29-47(30-37-69)44-81-57-38-49(28-33-64-57)53(40-58(73)74)48-24-25-48)45-62(2,3)31-16-12-13-17-35-70-41-50(66-67-70)21-14-10-8-6-5-7-9-11-15-23-56(72)63-32-19-34-68(42-59(75)76)43-60(77)78/h18,20,22,26-28,33,38-39,41,47-48,53H,5-17,19,21,23-25,29-32,34-37,40,42-45H2,1-4H3,(H,63,72)(H,73,74)(H,75,76)(H,77,78)/t53-/m0/s1. The summed E-state index contributed by atoms with van der Waals surface area (Å²) in [6, 6.07) is 15.4. The number of anilines is 2. The molecule has 1 atom stereocenters. The Kier molecular flexibility index (Phi) is 26.2. The van der Waals surface area contributed by atoms with E-state index in [1.165, 1.54) is 24.2 Å². The third-order valence-electron chi connectivity index (χ3n) is 15.7. The average molecular weight is 1120 g/mol. The van der Waals surface area contributed by atoms with E-state index < -0.39 is 17.9 Å². The zero-order chi connectivity index (χ0) is 58.0. The van der Waals surface area contributed by atoms with Crippen molar-refractivity contribution < 1.29 is 48.8 Å². The molecule has 4 N–H and O–H groups in total. The van der Waals surface area contributed by atoms with Crippen molar-refractivity contribution in [2.45, 2.75) is 174 Å². The van der Waals surface area contributed by atoms with Gasteiger partial charge in [0.1, 0.15) is 11.6 Å². The summed E-state index contributed by atoms with van der Waals surface area (Å²) in [6.45, 7) is 9.81. The van der Waals surface area contributed by atoms with Gasteiger partial charge in [-0.3, -0.25) is 38.5 Å². The Labute approximate surface area is 479 Å². The Balaban J connectivity index is 0.860. The first-order valence-corrected chi connectivity index (χ1v) is 29.9. The number of aliphatic carboxylic acids is 3. The molecule has 1 aliphatic heterocycles. The van der Waals surface area contributed by atoms with Crippen LogP contribution in [0.4, 0.5) is 11.5 Å². The van der Waals surface area contributed by atoms with E-state index in [2.05, 4.69) is 45.6 Å². The Morgan fingerprint density at radius 1 is 0.802 bits per heavy atom. The lowest BCUT2D eigenvalue weighted by atomic mass is 9.86. The SMILES string of the molecule is COc1ccc(C(=O)N(CC(C)(C)CCCCCCn2cc(CCCCCCCCCCCC(=O)NCCCN(CC(=O)O)CC(=O)O)nn2)c2cccc(C)n2)c(N2CCC(COc3cc([C@@H](CC(=O)O)C4CC4)ccn3)CC2)c1. The molecule has 19 heteroatoms. The Morgan fingerprint density at radius 2 is 1.49 bits per heavy atom. The summed E-state index contributed by atoms with van der Waals surface area (Å²) in [6.07, 6.45) is 24.8. The highest BCUT2D eigenvalue weighted by atomic mass is 16.5. The highest BCUT2D eigenvalue weighted by Crippen LogP contribution is 2.45. The van der Waals surface area contributed by atoms with Gasteiger partial charge in [0.2, 0.25) is 11.8 Å². The molecule has 0 radical (unpaired) electrons. The van der Waals surface area contributed by atoms with Gasteiger partial charge in [-0.2, -0.15) is 0 Å². The van der Waals surface area contributed by atoms with Crippen molar-refractivity contribution in [2.24, 2.45) is 17.3 Å². The van der Waals surface area contributed by atoms with Crippen molar-refractivity contribution in [3.63, 3.8) is 0 Å². The molecule has 0 bridgehead atoms. The van der Waals surface area contributed by atoms with Crippen LogP contribution < -0.4 is 24.6 Å². The van der Waals surface area contributed by atoms with Crippen molar-refractivity contribution in [3.05, 3.63) is 83.4 Å². The summed E-state index contributed by atoms with van der Waals surface area (Å²) in [5.41, 5.74) is 4.15. The molecule has 1 aliphatic carbocycles. The highest BCUT2D eigenvalue weighted by molar-refractivity contribution is 6.09. The summed E-state index contributed by atoms with van der Waals surface area (Å²) in [7, 11) is 1.65. The fourth-order valence-corrected chi connectivity index (χ4v) is 11.0. The average Bonchev–Trinajstić information content (AvgIpc) is 4.24. The molecule has 3 aromatic heterocycles. The van der Waals surface area contributed by atoms with Crippen LogP contribution in [0.15, 0.2) is 60.9 Å². The summed E-state index contributed by atoms with van der Waals surface area (Å²) >= 11 is 0. The van der Waals surface area contributed by atoms with Crippen LogP contribution in [0.3, 0.4) is 0 Å². The molecule has 81 heavy (non-hydrogen) atoms. The highest BCUT2D eigenvalue weighted by Gasteiger charge is 2.35. The minimum atomic E-state index is -1.07. The molecule has 2 aliphatic rings. The van der Waals surface area contributed by atoms with Crippen LogP contribution in [0.1, 0.15) is 182 Å². The number of aryl methyl sites for hydroxylation is 3. The van der Waals surface area contributed by atoms with Crippen LogP contribution in [0.5, 0.6) is 11.6 Å². The van der Waals surface area contributed by atoms with Crippen LogP contribution in [0, 0.1) is 24.2 Å². The smallest absolute Gasteiger partial charge is 0.317 e. The van der Waals surface area contributed by atoms with Gasteiger partial charge >= 0.3 is 17.9 Å². The molecular weight excluding hydrogens is 1030 g/mol. The predicted molar refractivity (Wildman–Crippen MR) is 312 cm³/mol. The van der Waals surface area contributed by atoms with Crippen LogP contribution in [-0.4, -0.2) is 134 Å². The first-order chi connectivity index (χ1) is 39.0. The van der Waals surface area contributed by atoms with Crippen molar-refractivity contribution in [3.8, 4) is 11.6 Å². The number of hydrogen-bond donors (Lipinski definition) is 4. The van der Waals surface area contributed by atoms with Gasteiger partial charge in [-0.1, -0.05) is 89.3 Å². The molecular formula is C62H91N9O10. The number of carboxylic acid groups (broad SMARTS) is 3.